The van der Waals surface area contributed by atoms with Crippen molar-refractivity contribution in [2.45, 2.75) is 0 Å². The third-order valence-electron chi connectivity index (χ3n) is 0. The van der Waals surface area contributed by atoms with Crippen molar-refractivity contribution in [2.24, 2.45) is 0 Å². The molecular formula is Na11. The SMILES string of the molecule is [Na].[Na].[Na].[Na].[Na].[Na].[Na].[Na].[Na].[Na].[Na]. The topological polar surface area (TPSA) is 0 Å². The zero-order chi connectivity index (χ0) is 0. The average Bonchev–Trinajstić information content (AvgIpc) is 0. The number of hydrogen-bond acceptors (Lipinski definition) is 0. The quantitative estimate of drug-likeness (QED) is 0.384. The van der Waals surface area contributed by atoms with Gasteiger partial charge in [-0.15, -0.1) is 0 Å². The van der Waals surface area contributed by atoms with E-state index < -0.39 is 0 Å². The molecule has 0 aromatic carbocycles. The first-order chi connectivity index (χ1) is 0. The molecule has 11 heavy (non-hydrogen) atoms. The van der Waals surface area contributed by atoms with Gasteiger partial charge in [0, 0.05) is 325 Å². The molecule has 0 amide bonds. The average molecular weight is 253 g/mol. The van der Waals surface area contributed by atoms with Crippen molar-refractivity contribution in [1.82, 2.24) is 0 Å². The summed E-state index contributed by atoms with van der Waals surface area (Å²) in [6, 6.07) is 0. The van der Waals surface area contributed by atoms with Crippen LogP contribution >= 0.6 is 0 Å². The van der Waals surface area contributed by atoms with Crippen molar-refractivity contribution >= 4 is 325 Å². The molecule has 11 valence electrons. The summed E-state index contributed by atoms with van der Waals surface area (Å²) in [6.07, 6.45) is 0. The van der Waals surface area contributed by atoms with Crippen LogP contribution in [0.4, 0.5) is 0 Å². The second kappa shape index (κ2) is 69.4. The second-order valence-corrected chi connectivity index (χ2v) is 0. The minimum Gasteiger partial charge on any atom is 0 e. The maximum Gasteiger partial charge on any atom is 0 e. The van der Waals surface area contributed by atoms with Gasteiger partial charge < -0.3 is 0 Å². The summed E-state index contributed by atoms with van der Waals surface area (Å²) in [4.78, 5) is 0. The van der Waals surface area contributed by atoms with Crippen molar-refractivity contribution in [3.05, 3.63) is 0 Å². The second-order valence-electron chi connectivity index (χ2n) is 0. The molecule has 0 aromatic rings. The van der Waals surface area contributed by atoms with Crippen molar-refractivity contribution in [2.75, 3.05) is 0 Å². The molecule has 0 N–H and O–H groups in total. The summed E-state index contributed by atoms with van der Waals surface area (Å²) >= 11 is 0. The van der Waals surface area contributed by atoms with Crippen LogP contribution in [0, 0.1) is 0 Å². The van der Waals surface area contributed by atoms with E-state index in [1.165, 1.54) is 0 Å². The first-order valence-electron chi connectivity index (χ1n) is 0. The van der Waals surface area contributed by atoms with E-state index in [4.69, 9.17) is 0 Å². The van der Waals surface area contributed by atoms with Crippen molar-refractivity contribution in [1.29, 1.82) is 0 Å². The van der Waals surface area contributed by atoms with Crippen molar-refractivity contribution in [3.8, 4) is 0 Å². The van der Waals surface area contributed by atoms with Gasteiger partial charge >= 0.3 is 0 Å². The van der Waals surface area contributed by atoms with Gasteiger partial charge in [0.05, 0.1) is 0 Å². The van der Waals surface area contributed by atoms with Gasteiger partial charge in [0.25, 0.3) is 0 Å². The molecule has 11 radical (unpaired) electrons. The Kier molecular flexibility index (Phi) is 506. The Hall–Kier alpha value is 11.0. The first kappa shape index (κ1) is 80.2. The standard InChI is InChI=1S/11Na. The largest absolute Gasteiger partial charge is 0 e. The summed E-state index contributed by atoms with van der Waals surface area (Å²) in [5.41, 5.74) is 0. The van der Waals surface area contributed by atoms with Crippen LogP contribution in [0.15, 0.2) is 0 Å². The van der Waals surface area contributed by atoms with Gasteiger partial charge in [-0.25, -0.2) is 0 Å². The van der Waals surface area contributed by atoms with E-state index in [1.54, 1.807) is 0 Å². The van der Waals surface area contributed by atoms with E-state index >= 15 is 0 Å². The van der Waals surface area contributed by atoms with E-state index in [-0.39, 0.29) is 325 Å². The van der Waals surface area contributed by atoms with Gasteiger partial charge in [-0.2, -0.15) is 0 Å². The van der Waals surface area contributed by atoms with Gasteiger partial charge in [-0.1, -0.05) is 0 Å². The van der Waals surface area contributed by atoms with E-state index in [1.807, 2.05) is 0 Å². The van der Waals surface area contributed by atoms with E-state index in [0.29, 0.717) is 0 Å². The smallest absolute Gasteiger partial charge is 0 e. The van der Waals surface area contributed by atoms with Crippen LogP contribution in [0.1, 0.15) is 0 Å². The van der Waals surface area contributed by atoms with Gasteiger partial charge in [0.2, 0.25) is 0 Å². The summed E-state index contributed by atoms with van der Waals surface area (Å²) in [7, 11) is 0. The molecule has 0 fully saturated rings. The Morgan fingerprint density at radius 2 is 0.0909 bits per heavy atom. The van der Waals surface area contributed by atoms with Crippen LogP contribution in [0.25, 0.3) is 0 Å². The minimum absolute atomic E-state index is 0. The summed E-state index contributed by atoms with van der Waals surface area (Å²) < 4.78 is 0. The fourth-order valence-electron chi connectivity index (χ4n) is 0. The maximum absolute atomic E-state index is 0. The Balaban J connectivity index is 0. The van der Waals surface area contributed by atoms with Crippen LogP contribution in [-0.2, 0) is 0 Å². The van der Waals surface area contributed by atoms with Gasteiger partial charge in [-0.05, 0) is 0 Å². The molecule has 0 heterocycles. The fraction of sp³-hybridized carbons (Fsp3) is 0. The third-order valence-corrected chi connectivity index (χ3v) is 0. The molecule has 0 aromatic heterocycles. The molecule has 0 aliphatic carbocycles. The van der Waals surface area contributed by atoms with Crippen molar-refractivity contribution < 1.29 is 0 Å². The van der Waals surface area contributed by atoms with Crippen LogP contribution in [0.3, 0.4) is 0 Å². The molecule has 0 saturated carbocycles. The van der Waals surface area contributed by atoms with Crippen LogP contribution in [-0.4, -0.2) is 325 Å². The molecule has 11 heteroatoms. The van der Waals surface area contributed by atoms with E-state index in [0.717, 1.165) is 0 Å². The molecule has 0 saturated heterocycles. The van der Waals surface area contributed by atoms with Gasteiger partial charge in [0.15, 0.2) is 0 Å². The normalized spacial score (nSPS) is 0. The molecule has 0 nitrogen and oxygen atoms in total. The molecule has 0 spiro atoms. The zero-order valence-electron chi connectivity index (χ0n) is 11.0. The molecular weight excluding hydrogens is 253 g/mol. The predicted octanol–water partition coefficient (Wildman–Crippen LogP) is -4.19. The maximum atomic E-state index is 0. The number of rotatable bonds is 0. The van der Waals surface area contributed by atoms with E-state index in [2.05, 4.69) is 0 Å². The molecule has 0 atom stereocenters. The minimum atomic E-state index is 0. The van der Waals surface area contributed by atoms with Crippen LogP contribution in [0.5, 0.6) is 0 Å². The van der Waals surface area contributed by atoms with Crippen LogP contribution in [0.2, 0.25) is 0 Å². The molecule has 0 bridgehead atoms. The Bertz CT molecular complexity index is 0. The Labute approximate surface area is 314 Å². The molecule has 0 rings (SSSR count). The summed E-state index contributed by atoms with van der Waals surface area (Å²) in [5.74, 6) is 0. The fourth-order valence-corrected chi connectivity index (χ4v) is 0. The summed E-state index contributed by atoms with van der Waals surface area (Å²) in [5, 5.41) is 0. The molecule has 0 aliphatic rings. The monoisotopic (exact) mass is 253 g/mol. The molecule has 0 unspecified atom stereocenters. The summed E-state index contributed by atoms with van der Waals surface area (Å²) in [6.45, 7) is 0. The Morgan fingerprint density at radius 3 is 0.0909 bits per heavy atom. The van der Waals surface area contributed by atoms with Gasteiger partial charge in [0.1, 0.15) is 0 Å². The van der Waals surface area contributed by atoms with Crippen LogP contribution < -0.4 is 0 Å². The zero-order valence-corrected chi connectivity index (χ0v) is 33.0. The predicted molar refractivity (Wildman–Crippen MR) is 63.3 cm³/mol. The molecule has 0 aliphatic heterocycles. The Morgan fingerprint density at radius 1 is 0.0909 bits per heavy atom. The van der Waals surface area contributed by atoms with Crippen molar-refractivity contribution in [3.63, 3.8) is 0 Å². The van der Waals surface area contributed by atoms with E-state index in [9.17, 15) is 0 Å². The first-order valence-corrected chi connectivity index (χ1v) is 0. The third kappa shape index (κ3) is 62.7. The number of hydrogen-bond donors (Lipinski definition) is 0. The van der Waals surface area contributed by atoms with Gasteiger partial charge in [-0.3, -0.25) is 0 Å².